The molecule has 7 nitrogen and oxygen atoms in total. The molecule has 0 radical (unpaired) electrons. The molecule has 2 aromatic rings. The van der Waals surface area contributed by atoms with Crippen LogP contribution in [0, 0.1) is 6.92 Å². The lowest BCUT2D eigenvalue weighted by atomic mass is 10.2. The Kier molecular flexibility index (Phi) is 7.35. The summed E-state index contributed by atoms with van der Waals surface area (Å²) < 4.78 is 4.95. The van der Waals surface area contributed by atoms with Crippen molar-refractivity contribution in [1.82, 2.24) is 4.90 Å². The molecule has 0 bridgehead atoms. The molecule has 162 valence electrons. The van der Waals surface area contributed by atoms with Gasteiger partial charge in [-0.1, -0.05) is 29.4 Å². The van der Waals surface area contributed by atoms with Crippen LogP contribution in [0.5, 0.6) is 0 Å². The molecule has 2 amide bonds. The monoisotopic (exact) mass is 459 g/mol. The fourth-order valence-electron chi connectivity index (χ4n) is 2.79. The van der Waals surface area contributed by atoms with Crippen molar-refractivity contribution in [3.8, 4) is 0 Å². The number of aliphatic imine (C=N–C) groups is 1. The van der Waals surface area contributed by atoms with E-state index in [1.54, 1.807) is 44.3 Å². The number of rotatable bonds is 5. The van der Waals surface area contributed by atoms with Crippen LogP contribution in [-0.4, -0.2) is 46.8 Å². The summed E-state index contributed by atoms with van der Waals surface area (Å²) in [5.74, 6) is -0.938. The second-order valence-corrected chi connectivity index (χ2v) is 8.46. The zero-order valence-electron chi connectivity index (χ0n) is 17.3. The number of ether oxygens (including phenoxy) is 1. The average Bonchev–Trinajstić information content (AvgIpc) is 2.74. The lowest BCUT2D eigenvalue weighted by Crippen LogP contribution is -2.43. The van der Waals surface area contributed by atoms with Gasteiger partial charge in [0.05, 0.1) is 17.9 Å². The van der Waals surface area contributed by atoms with Crippen molar-refractivity contribution in [2.45, 2.75) is 25.5 Å². The maximum Gasteiger partial charge on any atom is 0.338 e. The Bertz CT molecular complexity index is 1040. The van der Waals surface area contributed by atoms with Crippen LogP contribution in [0.4, 0.5) is 11.4 Å². The third kappa shape index (κ3) is 5.65. The van der Waals surface area contributed by atoms with Crippen molar-refractivity contribution in [3.05, 3.63) is 58.6 Å². The summed E-state index contributed by atoms with van der Waals surface area (Å²) in [6.07, 6.45) is 0.0571. The Morgan fingerprint density at radius 1 is 1.26 bits per heavy atom. The molecule has 3 rings (SSSR count). The number of hydrogen-bond donors (Lipinski definition) is 1. The van der Waals surface area contributed by atoms with E-state index in [0.717, 1.165) is 5.56 Å². The van der Waals surface area contributed by atoms with E-state index in [-0.39, 0.29) is 24.8 Å². The van der Waals surface area contributed by atoms with Gasteiger partial charge in [-0.05, 0) is 55.8 Å². The number of amides is 2. The third-order valence-corrected chi connectivity index (χ3v) is 6.25. The van der Waals surface area contributed by atoms with Crippen LogP contribution in [0.15, 0.2) is 47.5 Å². The molecule has 1 saturated heterocycles. The van der Waals surface area contributed by atoms with Crippen molar-refractivity contribution in [2.24, 2.45) is 4.99 Å². The van der Waals surface area contributed by atoms with E-state index >= 15 is 0 Å². The van der Waals surface area contributed by atoms with Gasteiger partial charge in [-0.2, -0.15) is 0 Å². The molecule has 1 fully saturated rings. The van der Waals surface area contributed by atoms with Crippen LogP contribution in [0.2, 0.25) is 5.02 Å². The zero-order chi connectivity index (χ0) is 22.5. The number of hydrogen-bond acceptors (Lipinski definition) is 6. The lowest BCUT2D eigenvalue weighted by molar-refractivity contribution is -0.128. The first-order valence-electron chi connectivity index (χ1n) is 9.64. The number of carbonyl (C=O) groups excluding carboxylic acids is 3. The van der Waals surface area contributed by atoms with Crippen LogP contribution >= 0.6 is 23.4 Å². The first-order valence-corrected chi connectivity index (χ1v) is 10.9. The maximum absolute atomic E-state index is 12.8. The summed E-state index contributed by atoms with van der Waals surface area (Å²) in [5, 5.41) is 3.16. The summed E-state index contributed by atoms with van der Waals surface area (Å²) in [6.45, 7) is 3.92. The largest absolute Gasteiger partial charge is 0.462 e. The number of benzene rings is 2. The van der Waals surface area contributed by atoms with Crippen LogP contribution in [0.1, 0.15) is 29.3 Å². The second kappa shape index (κ2) is 9.98. The van der Waals surface area contributed by atoms with Gasteiger partial charge in [0.2, 0.25) is 11.8 Å². The van der Waals surface area contributed by atoms with E-state index in [2.05, 4.69) is 10.3 Å². The third-order valence-electron chi connectivity index (χ3n) is 4.60. The van der Waals surface area contributed by atoms with Crippen LogP contribution in [0.25, 0.3) is 0 Å². The molecular formula is C22H22ClN3O4S. The van der Waals surface area contributed by atoms with E-state index in [9.17, 15) is 14.4 Å². The minimum absolute atomic E-state index is 0.0571. The first-order chi connectivity index (χ1) is 14.8. The summed E-state index contributed by atoms with van der Waals surface area (Å²) >= 11 is 7.38. The normalized spacial score (nSPS) is 17.5. The predicted molar refractivity (Wildman–Crippen MR) is 123 cm³/mol. The summed E-state index contributed by atoms with van der Waals surface area (Å²) in [5.41, 5.74) is 2.45. The Hall–Kier alpha value is -2.84. The fraction of sp³-hybridized carbons (Fsp3) is 0.273. The van der Waals surface area contributed by atoms with E-state index in [1.165, 1.54) is 16.7 Å². The van der Waals surface area contributed by atoms with Gasteiger partial charge < -0.3 is 10.1 Å². The molecule has 1 unspecified atom stereocenters. The van der Waals surface area contributed by atoms with Crippen LogP contribution in [0.3, 0.4) is 0 Å². The van der Waals surface area contributed by atoms with Crippen molar-refractivity contribution < 1.29 is 19.1 Å². The highest BCUT2D eigenvalue weighted by atomic mass is 35.5. The van der Waals surface area contributed by atoms with Gasteiger partial charge in [0.25, 0.3) is 0 Å². The zero-order valence-corrected chi connectivity index (χ0v) is 18.9. The minimum atomic E-state index is -0.631. The van der Waals surface area contributed by atoms with Crippen molar-refractivity contribution in [1.29, 1.82) is 0 Å². The molecule has 31 heavy (non-hydrogen) atoms. The molecule has 1 N–H and O–H groups in total. The number of thioether (sulfide) groups is 1. The van der Waals surface area contributed by atoms with Gasteiger partial charge >= 0.3 is 5.97 Å². The SMILES string of the molecule is CCOC(=O)c1ccc(NC(=O)C2CC(=O)N(C)C(=Nc3ccc(C)c(Cl)c3)S2)cc1. The van der Waals surface area contributed by atoms with E-state index in [4.69, 9.17) is 16.3 Å². The quantitative estimate of drug-likeness (QED) is 0.669. The first kappa shape index (κ1) is 22.8. The smallest absolute Gasteiger partial charge is 0.338 e. The number of esters is 1. The summed E-state index contributed by atoms with van der Waals surface area (Å²) in [6, 6.07) is 11.8. The molecule has 1 aliphatic heterocycles. The Balaban J connectivity index is 1.72. The summed E-state index contributed by atoms with van der Waals surface area (Å²) in [7, 11) is 1.63. The molecule has 1 heterocycles. The van der Waals surface area contributed by atoms with Crippen molar-refractivity contribution >= 4 is 57.7 Å². The lowest BCUT2D eigenvalue weighted by Gasteiger charge is -2.28. The predicted octanol–water partition coefficient (Wildman–Crippen LogP) is 4.42. The molecule has 0 aromatic heterocycles. The van der Waals surface area contributed by atoms with Gasteiger partial charge in [0.15, 0.2) is 5.17 Å². The molecular weight excluding hydrogens is 438 g/mol. The van der Waals surface area contributed by atoms with E-state index in [0.29, 0.717) is 27.1 Å². The van der Waals surface area contributed by atoms with E-state index in [1.807, 2.05) is 19.1 Å². The average molecular weight is 460 g/mol. The van der Waals surface area contributed by atoms with Crippen molar-refractivity contribution in [3.63, 3.8) is 0 Å². The van der Waals surface area contributed by atoms with Gasteiger partial charge in [-0.25, -0.2) is 9.79 Å². The molecule has 2 aromatic carbocycles. The Morgan fingerprint density at radius 3 is 2.61 bits per heavy atom. The molecule has 0 spiro atoms. The van der Waals surface area contributed by atoms with Crippen molar-refractivity contribution in [2.75, 3.05) is 19.0 Å². The Labute approximate surface area is 189 Å². The number of nitrogens with one attached hydrogen (secondary N) is 1. The minimum Gasteiger partial charge on any atom is -0.462 e. The highest BCUT2D eigenvalue weighted by Gasteiger charge is 2.34. The number of amidine groups is 1. The fourth-order valence-corrected chi connectivity index (χ4v) is 4.03. The van der Waals surface area contributed by atoms with Gasteiger partial charge in [0, 0.05) is 24.2 Å². The van der Waals surface area contributed by atoms with E-state index < -0.39 is 11.2 Å². The van der Waals surface area contributed by atoms with Gasteiger partial charge in [-0.15, -0.1) is 0 Å². The topological polar surface area (TPSA) is 88.1 Å². The highest BCUT2D eigenvalue weighted by molar-refractivity contribution is 8.15. The molecule has 1 aliphatic rings. The number of aryl methyl sites for hydroxylation is 1. The summed E-state index contributed by atoms with van der Waals surface area (Å²) in [4.78, 5) is 42.9. The standard InChI is InChI=1S/C22H22ClN3O4S/c1-4-30-21(29)14-6-9-15(10-7-14)24-20(28)18-12-19(27)26(3)22(31-18)25-16-8-5-13(2)17(23)11-16/h5-11,18H,4,12H2,1-3H3,(H,24,28). The second-order valence-electron chi connectivity index (χ2n) is 6.88. The highest BCUT2D eigenvalue weighted by Crippen LogP contribution is 2.30. The van der Waals surface area contributed by atoms with Gasteiger partial charge in [0.1, 0.15) is 5.25 Å². The maximum atomic E-state index is 12.8. The number of halogens is 1. The molecule has 9 heteroatoms. The number of anilines is 1. The Morgan fingerprint density at radius 2 is 1.97 bits per heavy atom. The molecule has 1 atom stereocenters. The molecule has 0 aliphatic carbocycles. The number of carbonyl (C=O) groups is 3. The van der Waals surface area contributed by atoms with Crippen LogP contribution in [-0.2, 0) is 14.3 Å². The number of nitrogens with zero attached hydrogens (tertiary/aromatic N) is 2. The van der Waals surface area contributed by atoms with Gasteiger partial charge in [-0.3, -0.25) is 14.5 Å². The van der Waals surface area contributed by atoms with Crippen LogP contribution < -0.4 is 5.32 Å². The molecule has 0 saturated carbocycles.